The average molecular weight is 276 g/mol. The molecule has 0 spiro atoms. The summed E-state index contributed by atoms with van der Waals surface area (Å²) in [5.41, 5.74) is 2.03. The minimum Gasteiger partial charge on any atom is -0.486 e. The Morgan fingerprint density at radius 3 is 2.95 bits per heavy atom. The summed E-state index contributed by atoms with van der Waals surface area (Å²) < 4.78 is 15.8. The lowest BCUT2D eigenvalue weighted by molar-refractivity contribution is 0.199. The molecule has 0 aliphatic carbocycles. The van der Waals surface area contributed by atoms with Gasteiger partial charge >= 0.3 is 0 Å². The zero-order valence-corrected chi connectivity index (χ0v) is 11.9. The van der Waals surface area contributed by atoms with Gasteiger partial charge in [-0.15, -0.1) is 0 Å². The van der Waals surface area contributed by atoms with Gasteiger partial charge in [0.1, 0.15) is 12.4 Å². The van der Waals surface area contributed by atoms with E-state index in [-0.39, 0.29) is 0 Å². The van der Waals surface area contributed by atoms with Crippen molar-refractivity contribution in [2.24, 2.45) is 0 Å². The number of nitrogens with zero attached hydrogens (tertiary/aromatic N) is 1. The summed E-state index contributed by atoms with van der Waals surface area (Å²) in [4.78, 5) is 0. The first-order valence-electron chi connectivity index (χ1n) is 6.61. The van der Waals surface area contributed by atoms with Gasteiger partial charge in [-0.05, 0) is 24.6 Å². The Balaban J connectivity index is 1.82. The fourth-order valence-corrected chi connectivity index (χ4v) is 1.79. The summed E-state index contributed by atoms with van der Waals surface area (Å²) in [5, 5.41) is 7.13. The van der Waals surface area contributed by atoms with E-state index in [1.165, 1.54) is 5.56 Å². The van der Waals surface area contributed by atoms with Gasteiger partial charge in [-0.1, -0.05) is 17.3 Å². The van der Waals surface area contributed by atoms with Crippen molar-refractivity contribution in [1.82, 2.24) is 10.5 Å². The van der Waals surface area contributed by atoms with Crippen molar-refractivity contribution in [3.05, 3.63) is 47.3 Å². The highest BCUT2D eigenvalue weighted by atomic mass is 16.5. The molecule has 0 bridgehead atoms. The van der Waals surface area contributed by atoms with Crippen LogP contribution in [0.4, 0.5) is 0 Å². The van der Waals surface area contributed by atoms with E-state index in [1.54, 1.807) is 7.11 Å². The van der Waals surface area contributed by atoms with E-state index in [1.807, 2.05) is 31.2 Å². The van der Waals surface area contributed by atoms with Crippen LogP contribution in [-0.4, -0.2) is 25.4 Å². The second-order valence-corrected chi connectivity index (χ2v) is 4.54. The fourth-order valence-electron chi connectivity index (χ4n) is 1.79. The van der Waals surface area contributed by atoms with E-state index in [4.69, 9.17) is 14.0 Å². The van der Waals surface area contributed by atoms with Gasteiger partial charge in [0.15, 0.2) is 5.76 Å². The van der Waals surface area contributed by atoms with Gasteiger partial charge in [0.25, 0.3) is 0 Å². The number of hydrogen-bond acceptors (Lipinski definition) is 5. The molecule has 0 fully saturated rings. The Morgan fingerprint density at radius 2 is 2.20 bits per heavy atom. The van der Waals surface area contributed by atoms with E-state index in [2.05, 4.69) is 16.5 Å². The van der Waals surface area contributed by atoms with Crippen molar-refractivity contribution in [3.8, 4) is 5.75 Å². The zero-order chi connectivity index (χ0) is 14.2. The van der Waals surface area contributed by atoms with Crippen molar-refractivity contribution in [2.75, 3.05) is 20.3 Å². The topological polar surface area (TPSA) is 56.5 Å². The standard InChI is InChI=1S/C15H20N2O3/c1-12-8-15(20-17-12)11-19-14-5-3-4-13(9-14)10-16-6-7-18-2/h3-5,8-9,16H,6-7,10-11H2,1-2H3. The van der Waals surface area contributed by atoms with Crippen LogP contribution in [0.3, 0.4) is 0 Å². The third-order valence-corrected chi connectivity index (χ3v) is 2.77. The lowest BCUT2D eigenvalue weighted by Crippen LogP contribution is -2.18. The third kappa shape index (κ3) is 4.68. The van der Waals surface area contributed by atoms with Gasteiger partial charge in [0.05, 0.1) is 12.3 Å². The Kier molecular flexibility index (Phi) is 5.58. The first kappa shape index (κ1) is 14.6. The van der Waals surface area contributed by atoms with Crippen molar-refractivity contribution >= 4 is 0 Å². The van der Waals surface area contributed by atoms with Gasteiger partial charge in [0, 0.05) is 26.3 Å². The molecule has 20 heavy (non-hydrogen) atoms. The van der Waals surface area contributed by atoms with Gasteiger partial charge in [-0.3, -0.25) is 0 Å². The minimum absolute atomic E-state index is 0.390. The van der Waals surface area contributed by atoms with Crippen LogP contribution in [0.1, 0.15) is 17.0 Å². The number of methoxy groups -OCH3 is 1. The molecule has 0 radical (unpaired) electrons. The van der Waals surface area contributed by atoms with Crippen LogP contribution < -0.4 is 10.1 Å². The van der Waals surface area contributed by atoms with Gasteiger partial charge in [0.2, 0.25) is 0 Å². The maximum atomic E-state index is 5.69. The molecule has 0 saturated carbocycles. The second-order valence-electron chi connectivity index (χ2n) is 4.54. The van der Waals surface area contributed by atoms with Crippen LogP contribution in [0, 0.1) is 6.92 Å². The lowest BCUT2D eigenvalue weighted by Gasteiger charge is -2.07. The highest BCUT2D eigenvalue weighted by Gasteiger charge is 2.02. The molecule has 0 saturated heterocycles. The van der Waals surface area contributed by atoms with Crippen LogP contribution in [0.25, 0.3) is 0 Å². The Bertz CT molecular complexity index is 525. The molecule has 0 amide bonds. The Hall–Kier alpha value is -1.85. The smallest absolute Gasteiger partial charge is 0.174 e. The normalized spacial score (nSPS) is 10.7. The SMILES string of the molecule is COCCNCc1cccc(OCc2cc(C)no2)c1. The van der Waals surface area contributed by atoms with Crippen molar-refractivity contribution in [1.29, 1.82) is 0 Å². The zero-order valence-electron chi connectivity index (χ0n) is 11.9. The molecule has 2 aromatic rings. The predicted molar refractivity (Wildman–Crippen MR) is 75.6 cm³/mol. The van der Waals surface area contributed by atoms with E-state index < -0.39 is 0 Å². The van der Waals surface area contributed by atoms with E-state index in [9.17, 15) is 0 Å². The summed E-state index contributed by atoms with van der Waals surface area (Å²) in [6.45, 7) is 4.61. The molecular formula is C15H20N2O3. The molecule has 1 N–H and O–H groups in total. The summed E-state index contributed by atoms with van der Waals surface area (Å²) in [5.74, 6) is 1.55. The molecule has 0 atom stereocenters. The number of aromatic nitrogens is 1. The summed E-state index contributed by atoms with van der Waals surface area (Å²) in [6.07, 6.45) is 0. The maximum absolute atomic E-state index is 5.69. The monoisotopic (exact) mass is 276 g/mol. The summed E-state index contributed by atoms with van der Waals surface area (Å²) in [7, 11) is 1.70. The highest BCUT2D eigenvalue weighted by molar-refractivity contribution is 5.28. The van der Waals surface area contributed by atoms with Crippen molar-refractivity contribution in [2.45, 2.75) is 20.1 Å². The molecule has 0 unspecified atom stereocenters. The Morgan fingerprint density at radius 1 is 1.30 bits per heavy atom. The molecule has 1 aromatic carbocycles. The van der Waals surface area contributed by atoms with Gasteiger partial charge < -0.3 is 19.3 Å². The lowest BCUT2D eigenvalue weighted by atomic mass is 10.2. The molecule has 1 heterocycles. The average Bonchev–Trinajstić information content (AvgIpc) is 2.88. The summed E-state index contributed by atoms with van der Waals surface area (Å²) >= 11 is 0. The van der Waals surface area contributed by atoms with Crippen molar-refractivity contribution < 1.29 is 14.0 Å². The predicted octanol–water partition coefficient (Wildman–Crippen LogP) is 2.30. The minimum atomic E-state index is 0.390. The fraction of sp³-hybridized carbons (Fsp3) is 0.400. The van der Waals surface area contributed by atoms with Crippen molar-refractivity contribution in [3.63, 3.8) is 0 Å². The van der Waals surface area contributed by atoms with Crippen LogP contribution in [0.5, 0.6) is 5.75 Å². The molecule has 0 aliphatic heterocycles. The number of ether oxygens (including phenoxy) is 2. The van der Waals surface area contributed by atoms with Crippen LogP contribution in [0.15, 0.2) is 34.9 Å². The van der Waals surface area contributed by atoms with E-state index >= 15 is 0 Å². The van der Waals surface area contributed by atoms with Crippen LogP contribution in [-0.2, 0) is 17.9 Å². The number of hydrogen-bond donors (Lipinski definition) is 1. The largest absolute Gasteiger partial charge is 0.486 e. The first-order valence-corrected chi connectivity index (χ1v) is 6.61. The molecule has 0 aliphatic rings. The highest BCUT2D eigenvalue weighted by Crippen LogP contribution is 2.15. The molecule has 108 valence electrons. The maximum Gasteiger partial charge on any atom is 0.174 e. The second kappa shape index (κ2) is 7.67. The molecule has 5 nitrogen and oxygen atoms in total. The third-order valence-electron chi connectivity index (χ3n) is 2.77. The number of benzene rings is 1. The summed E-state index contributed by atoms with van der Waals surface area (Å²) in [6, 6.07) is 9.86. The number of aryl methyl sites for hydroxylation is 1. The molecule has 5 heteroatoms. The Labute approximate surface area is 118 Å². The van der Waals surface area contributed by atoms with E-state index in [0.717, 1.165) is 30.3 Å². The van der Waals surface area contributed by atoms with Crippen LogP contribution >= 0.6 is 0 Å². The quantitative estimate of drug-likeness (QED) is 0.750. The molecule has 1 aromatic heterocycles. The van der Waals surface area contributed by atoms with E-state index in [0.29, 0.717) is 13.2 Å². The van der Waals surface area contributed by atoms with Gasteiger partial charge in [-0.2, -0.15) is 0 Å². The molecule has 2 rings (SSSR count). The first-order chi connectivity index (χ1) is 9.78. The number of nitrogens with one attached hydrogen (secondary N) is 1. The van der Waals surface area contributed by atoms with Crippen LogP contribution in [0.2, 0.25) is 0 Å². The van der Waals surface area contributed by atoms with Gasteiger partial charge in [-0.25, -0.2) is 0 Å². The number of rotatable bonds is 8. The molecular weight excluding hydrogens is 256 g/mol.